The molecule has 0 aromatic heterocycles. The molecule has 2 fully saturated rings. The molecule has 0 amide bonds. The van der Waals surface area contributed by atoms with Crippen LogP contribution in [-0.4, -0.2) is 35.2 Å². The predicted octanol–water partition coefficient (Wildman–Crippen LogP) is 3.48. The second-order valence-electron chi connectivity index (χ2n) is 6.83. The number of nitriles is 1. The van der Waals surface area contributed by atoms with Gasteiger partial charge < -0.3 is 10.0 Å². The van der Waals surface area contributed by atoms with Crippen molar-refractivity contribution in [1.29, 1.82) is 5.26 Å². The summed E-state index contributed by atoms with van der Waals surface area (Å²) in [7, 11) is 0. The van der Waals surface area contributed by atoms with Crippen molar-refractivity contribution in [2.45, 2.75) is 76.7 Å². The number of nitrogens with zero attached hydrogens (tertiary/aromatic N) is 2. The summed E-state index contributed by atoms with van der Waals surface area (Å²) in [6.07, 6.45) is 10.2. The lowest BCUT2D eigenvalue weighted by Crippen LogP contribution is -2.48. The van der Waals surface area contributed by atoms with E-state index in [4.69, 9.17) is 0 Å². The van der Waals surface area contributed by atoms with Crippen LogP contribution < -0.4 is 0 Å². The lowest BCUT2D eigenvalue weighted by Gasteiger charge is -2.42. The van der Waals surface area contributed by atoms with E-state index in [0.29, 0.717) is 0 Å². The Bertz CT molecular complexity index is 341. The van der Waals surface area contributed by atoms with Crippen molar-refractivity contribution in [2.75, 3.05) is 19.6 Å². The Morgan fingerprint density at radius 3 is 2.30 bits per heavy atom. The summed E-state index contributed by atoms with van der Waals surface area (Å²) >= 11 is 0. The summed E-state index contributed by atoms with van der Waals surface area (Å²) in [6.45, 7) is 5.36. The van der Waals surface area contributed by atoms with Crippen LogP contribution in [0.5, 0.6) is 0 Å². The van der Waals surface area contributed by atoms with E-state index in [2.05, 4.69) is 17.9 Å². The minimum Gasteiger partial charge on any atom is -0.388 e. The molecule has 20 heavy (non-hydrogen) atoms. The zero-order valence-electron chi connectivity index (χ0n) is 13.0. The maximum absolute atomic E-state index is 11.3. The summed E-state index contributed by atoms with van der Waals surface area (Å²) < 4.78 is 0. The highest BCUT2D eigenvalue weighted by molar-refractivity contribution is 5.12. The Labute approximate surface area is 124 Å². The summed E-state index contributed by atoms with van der Waals surface area (Å²) in [4.78, 5) is 2.46. The second kappa shape index (κ2) is 6.91. The molecule has 1 atom stereocenters. The van der Waals surface area contributed by atoms with Crippen LogP contribution in [0.2, 0.25) is 0 Å². The average Bonchev–Trinajstić information content (AvgIpc) is 2.80. The molecule has 1 heterocycles. The van der Waals surface area contributed by atoms with E-state index in [-0.39, 0.29) is 0 Å². The number of rotatable bonds is 3. The number of hydrogen-bond donors (Lipinski definition) is 1. The van der Waals surface area contributed by atoms with Crippen molar-refractivity contribution in [3.05, 3.63) is 0 Å². The zero-order chi connectivity index (χ0) is 14.5. The van der Waals surface area contributed by atoms with Crippen LogP contribution in [0.4, 0.5) is 0 Å². The SMILES string of the molecule is CCCN1CCCC(O)(C2(C#N)CCCCCC2)CC1. The third kappa shape index (κ3) is 3.18. The van der Waals surface area contributed by atoms with Crippen LogP contribution in [0, 0.1) is 16.7 Å². The van der Waals surface area contributed by atoms with Crippen molar-refractivity contribution < 1.29 is 5.11 Å². The van der Waals surface area contributed by atoms with Gasteiger partial charge in [-0.1, -0.05) is 32.6 Å². The first kappa shape index (κ1) is 15.8. The predicted molar refractivity (Wildman–Crippen MR) is 81.3 cm³/mol. The van der Waals surface area contributed by atoms with Gasteiger partial charge in [-0.15, -0.1) is 0 Å². The molecular formula is C17H30N2O. The fourth-order valence-electron chi connectivity index (χ4n) is 4.21. The van der Waals surface area contributed by atoms with Gasteiger partial charge in [-0.3, -0.25) is 0 Å². The van der Waals surface area contributed by atoms with Gasteiger partial charge in [-0.25, -0.2) is 0 Å². The van der Waals surface area contributed by atoms with E-state index in [1.54, 1.807) is 0 Å². The molecule has 3 nitrogen and oxygen atoms in total. The van der Waals surface area contributed by atoms with Gasteiger partial charge in [-0.05, 0) is 51.6 Å². The van der Waals surface area contributed by atoms with Crippen LogP contribution in [-0.2, 0) is 0 Å². The van der Waals surface area contributed by atoms with E-state index in [0.717, 1.165) is 64.6 Å². The Morgan fingerprint density at radius 2 is 1.70 bits per heavy atom. The Hall–Kier alpha value is -0.590. The normalized spacial score (nSPS) is 32.0. The molecule has 114 valence electrons. The monoisotopic (exact) mass is 278 g/mol. The smallest absolute Gasteiger partial charge is 0.0860 e. The van der Waals surface area contributed by atoms with Gasteiger partial charge in [0.2, 0.25) is 0 Å². The molecule has 1 N–H and O–H groups in total. The molecule has 0 bridgehead atoms. The Balaban J connectivity index is 2.13. The maximum Gasteiger partial charge on any atom is 0.0860 e. The molecule has 0 spiro atoms. The first-order valence-corrected chi connectivity index (χ1v) is 8.52. The molecule has 1 saturated carbocycles. The highest BCUT2D eigenvalue weighted by atomic mass is 16.3. The topological polar surface area (TPSA) is 47.3 Å². The zero-order valence-corrected chi connectivity index (χ0v) is 13.0. The Kier molecular flexibility index (Phi) is 5.46. The largest absolute Gasteiger partial charge is 0.388 e. The fourth-order valence-corrected chi connectivity index (χ4v) is 4.21. The molecule has 0 aromatic rings. The third-order valence-corrected chi connectivity index (χ3v) is 5.51. The Morgan fingerprint density at radius 1 is 1.00 bits per heavy atom. The summed E-state index contributed by atoms with van der Waals surface area (Å²) in [5, 5.41) is 21.1. The van der Waals surface area contributed by atoms with E-state index in [1.165, 1.54) is 19.3 Å². The highest BCUT2D eigenvalue weighted by Crippen LogP contribution is 2.48. The summed E-state index contributed by atoms with van der Waals surface area (Å²) in [5.74, 6) is 0. The number of likely N-dealkylation sites (tertiary alicyclic amines) is 1. The van der Waals surface area contributed by atoms with Gasteiger partial charge in [0.1, 0.15) is 0 Å². The van der Waals surface area contributed by atoms with Crippen molar-refractivity contribution in [2.24, 2.45) is 5.41 Å². The van der Waals surface area contributed by atoms with Gasteiger partial charge in [-0.2, -0.15) is 5.26 Å². The van der Waals surface area contributed by atoms with Crippen molar-refractivity contribution >= 4 is 0 Å². The van der Waals surface area contributed by atoms with Crippen LogP contribution in [0.25, 0.3) is 0 Å². The molecule has 2 aliphatic rings. The van der Waals surface area contributed by atoms with Gasteiger partial charge in [0.15, 0.2) is 0 Å². The molecule has 1 aliphatic heterocycles. The van der Waals surface area contributed by atoms with E-state index >= 15 is 0 Å². The van der Waals surface area contributed by atoms with E-state index in [1.807, 2.05) is 0 Å². The minimum absolute atomic E-state index is 0.480. The first-order valence-electron chi connectivity index (χ1n) is 8.52. The standard InChI is InChI=1S/C17H30N2O/c1-2-12-19-13-7-10-17(20,11-14-19)16(15-18)8-5-3-4-6-9-16/h20H,2-14H2,1H3. The third-order valence-electron chi connectivity index (χ3n) is 5.51. The van der Waals surface area contributed by atoms with Gasteiger partial charge >= 0.3 is 0 Å². The molecule has 1 saturated heterocycles. The van der Waals surface area contributed by atoms with E-state index in [9.17, 15) is 10.4 Å². The number of aliphatic hydroxyl groups is 1. The quantitative estimate of drug-likeness (QED) is 0.804. The first-order chi connectivity index (χ1) is 9.66. The van der Waals surface area contributed by atoms with Crippen LogP contribution in [0.3, 0.4) is 0 Å². The second-order valence-corrected chi connectivity index (χ2v) is 6.83. The van der Waals surface area contributed by atoms with E-state index < -0.39 is 11.0 Å². The van der Waals surface area contributed by atoms with Gasteiger partial charge in [0, 0.05) is 6.54 Å². The molecule has 2 rings (SSSR count). The van der Waals surface area contributed by atoms with Gasteiger partial charge in [0.25, 0.3) is 0 Å². The molecular weight excluding hydrogens is 248 g/mol. The lowest BCUT2D eigenvalue weighted by atomic mass is 9.65. The molecule has 0 aromatic carbocycles. The molecule has 1 aliphatic carbocycles. The van der Waals surface area contributed by atoms with Gasteiger partial charge in [0.05, 0.1) is 17.1 Å². The number of hydrogen-bond acceptors (Lipinski definition) is 3. The van der Waals surface area contributed by atoms with Crippen molar-refractivity contribution in [3.8, 4) is 6.07 Å². The lowest BCUT2D eigenvalue weighted by molar-refractivity contribution is -0.0737. The minimum atomic E-state index is -0.755. The summed E-state index contributed by atoms with van der Waals surface area (Å²) in [6, 6.07) is 2.57. The van der Waals surface area contributed by atoms with Crippen LogP contribution >= 0.6 is 0 Å². The highest BCUT2D eigenvalue weighted by Gasteiger charge is 2.50. The molecule has 3 heteroatoms. The van der Waals surface area contributed by atoms with Crippen molar-refractivity contribution in [3.63, 3.8) is 0 Å². The molecule has 1 unspecified atom stereocenters. The fraction of sp³-hybridized carbons (Fsp3) is 0.941. The van der Waals surface area contributed by atoms with Crippen molar-refractivity contribution in [1.82, 2.24) is 4.90 Å². The molecule has 0 radical (unpaired) electrons. The van der Waals surface area contributed by atoms with Crippen LogP contribution in [0.15, 0.2) is 0 Å². The maximum atomic E-state index is 11.3. The van der Waals surface area contributed by atoms with Crippen LogP contribution in [0.1, 0.15) is 71.1 Å². The average molecular weight is 278 g/mol. The summed E-state index contributed by atoms with van der Waals surface area (Å²) in [5.41, 5.74) is -1.24.